The third-order valence-electron chi connectivity index (χ3n) is 3.68. The van der Waals surface area contributed by atoms with Gasteiger partial charge in [0.15, 0.2) is 5.03 Å². The molecule has 0 spiro atoms. The van der Waals surface area contributed by atoms with E-state index in [0.717, 1.165) is 6.42 Å². The number of sulfonamides is 1. The highest BCUT2D eigenvalue weighted by atomic mass is 35.5. The Morgan fingerprint density at radius 2 is 2.05 bits per heavy atom. The molecule has 1 aliphatic heterocycles. The van der Waals surface area contributed by atoms with Crippen molar-refractivity contribution in [1.29, 1.82) is 5.26 Å². The van der Waals surface area contributed by atoms with Gasteiger partial charge in [0, 0.05) is 33.2 Å². The summed E-state index contributed by atoms with van der Waals surface area (Å²) in [6, 6.07) is 2.09. The van der Waals surface area contributed by atoms with E-state index < -0.39 is 10.0 Å². The molecule has 2 rings (SSSR count). The van der Waals surface area contributed by atoms with E-state index in [1.54, 1.807) is 7.05 Å². The minimum absolute atomic E-state index is 0.0185. The average Bonchev–Trinajstić information content (AvgIpc) is 2.80. The third kappa shape index (κ3) is 3.06. The van der Waals surface area contributed by atoms with Crippen molar-refractivity contribution in [2.75, 3.05) is 26.2 Å². The first kappa shape index (κ1) is 16.2. The van der Waals surface area contributed by atoms with Crippen LogP contribution in [0.5, 0.6) is 0 Å². The van der Waals surface area contributed by atoms with Crippen LogP contribution in [0.1, 0.15) is 13.3 Å². The summed E-state index contributed by atoms with van der Waals surface area (Å²) in [5, 5.41) is 13.1. The number of aromatic nitrogens is 2. The Morgan fingerprint density at radius 3 is 2.48 bits per heavy atom. The Bertz CT molecular complexity index is 624. The number of hydrogen-bond acceptors (Lipinski definition) is 5. The second-order valence-corrected chi connectivity index (χ2v) is 7.17. The van der Waals surface area contributed by atoms with Crippen LogP contribution < -0.4 is 0 Å². The molecular weight excluding hydrogens is 314 g/mol. The first-order valence-electron chi connectivity index (χ1n) is 6.73. The molecule has 0 amide bonds. The van der Waals surface area contributed by atoms with Gasteiger partial charge in [-0.2, -0.15) is 14.7 Å². The summed E-state index contributed by atoms with van der Waals surface area (Å²) < 4.78 is 27.9. The van der Waals surface area contributed by atoms with E-state index in [1.807, 2.05) is 11.8 Å². The molecule has 1 atom stereocenters. The van der Waals surface area contributed by atoms with Gasteiger partial charge in [0.1, 0.15) is 0 Å². The number of nitriles is 1. The second kappa shape index (κ2) is 6.32. The SMILES string of the molecule is CCC(C#N)N1CCN(S(=O)(=O)c2c(Cl)cnn2C)CC1. The van der Waals surface area contributed by atoms with Crippen LogP contribution in [-0.2, 0) is 17.1 Å². The zero-order valence-electron chi connectivity index (χ0n) is 12.0. The predicted octanol–water partition coefficient (Wildman–Crippen LogP) is 0.682. The van der Waals surface area contributed by atoms with Gasteiger partial charge in [-0.15, -0.1) is 0 Å². The molecule has 2 heterocycles. The van der Waals surface area contributed by atoms with E-state index in [2.05, 4.69) is 11.2 Å². The summed E-state index contributed by atoms with van der Waals surface area (Å²) in [6.07, 6.45) is 2.06. The highest BCUT2D eigenvalue weighted by Crippen LogP contribution is 2.24. The minimum Gasteiger partial charge on any atom is -0.285 e. The minimum atomic E-state index is -3.65. The molecule has 1 aromatic heterocycles. The molecule has 7 nitrogen and oxygen atoms in total. The lowest BCUT2D eigenvalue weighted by molar-refractivity contribution is 0.159. The fourth-order valence-corrected chi connectivity index (χ4v) is 4.53. The molecule has 1 unspecified atom stereocenters. The lowest BCUT2D eigenvalue weighted by atomic mass is 10.2. The third-order valence-corrected chi connectivity index (χ3v) is 6.08. The van der Waals surface area contributed by atoms with Crippen molar-refractivity contribution in [3.63, 3.8) is 0 Å². The van der Waals surface area contributed by atoms with E-state index in [9.17, 15) is 8.42 Å². The van der Waals surface area contributed by atoms with Gasteiger partial charge < -0.3 is 0 Å². The number of halogens is 1. The number of nitrogens with zero attached hydrogens (tertiary/aromatic N) is 5. The fourth-order valence-electron chi connectivity index (χ4n) is 2.50. The standard InChI is InChI=1S/C12H18ClN5O2S/c1-3-10(8-14)17-4-6-18(7-5-17)21(19,20)12-11(13)9-15-16(12)2/h9-10H,3-7H2,1-2H3. The van der Waals surface area contributed by atoms with Gasteiger partial charge >= 0.3 is 0 Å². The topological polar surface area (TPSA) is 82.2 Å². The Hall–Kier alpha value is -1.14. The van der Waals surface area contributed by atoms with Gasteiger partial charge in [-0.25, -0.2) is 8.42 Å². The molecule has 21 heavy (non-hydrogen) atoms. The van der Waals surface area contributed by atoms with Gasteiger partial charge in [-0.1, -0.05) is 18.5 Å². The summed E-state index contributed by atoms with van der Waals surface area (Å²) in [7, 11) is -2.10. The first-order valence-corrected chi connectivity index (χ1v) is 8.55. The van der Waals surface area contributed by atoms with Crippen molar-refractivity contribution in [2.45, 2.75) is 24.4 Å². The van der Waals surface area contributed by atoms with Gasteiger partial charge in [-0.3, -0.25) is 9.58 Å². The zero-order valence-corrected chi connectivity index (χ0v) is 13.6. The van der Waals surface area contributed by atoms with Crippen LogP contribution in [0.4, 0.5) is 0 Å². The lowest BCUT2D eigenvalue weighted by Crippen LogP contribution is -2.51. The van der Waals surface area contributed by atoms with Crippen molar-refractivity contribution in [3.05, 3.63) is 11.2 Å². The van der Waals surface area contributed by atoms with E-state index in [1.165, 1.54) is 15.2 Å². The Labute approximate surface area is 129 Å². The number of hydrogen-bond donors (Lipinski definition) is 0. The number of piperazine rings is 1. The number of aryl methyl sites for hydroxylation is 1. The van der Waals surface area contributed by atoms with Crippen LogP contribution in [0.3, 0.4) is 0 Å². The highest BCUT2D eigenvalue weighted by Gasteiger charge is 2.33. The molecule has 0 aromatic carbocycles. The Kier molecular flexibility index (Phi) is 4.88. The van der Waals surface area contributed by atoms with Crippen molar-refractivity contribution in [2.24, 2.45) is 7.05 Å². The average molecular weight is 332 g/mol. The molecule has 0 saturated carbocycles. The van der Waals surface area contributed by atoms with E-state index in [0.29, 0.717) is 26.2 Å². The molecule has 0 bridgehead atoms. The molecule has 0 radical (unpaired) electrons. The van der Waals surface area contributed by atoms with Crippen LogP contribution in [-0.4, -0.2) is 59.6 Å². The van der Waals surface area contributed by atoms with Crippen molar-refractivity contribution in [3.8, 4) is 6.07 Å². The van der Waals surface area contributed by atoms with Crippen molar-refractivity contribution >= 4 is 21.6 Å². The van der Waals surface area contributed by atoms with E-state index in [4.69, 9.17) is 16.9 Å². The number of rotatable bonds is 4. The second-order valence-electron chi connectivity index (χ2n) is 4.91. The molecule has 116 valence electrons. The Balaban J connectivity index is 2.14. The smallest absolute Gasteiger partial charge is 0.261 e. The summed E-state index contributed by atoms with van der Waals surface area (Å²) in [5.41, 5.74) is 0. The molecule has 1 saturated heterocycles. The van der Waals surface area contributed by atoms with Crippen LogP contribution >= 0.6 is 11.6 Å². The highest BCUT2D eigenvalue weighted by molar-refractivity contribution is 7.89. The van der Waals surface area contributed by atoms with Gasteiger partial charge in [0.05, 0.1) is 23.3 Å². The maximum Gasteiger partial charge on any atom is 0.261 e. The first-order chi connectivity index (χ1) is 9.91. The maximum absolute atomic E-state index is 12.6. The van der Waals surface area contributed by atoms with Gasteiger partial charge in [0.25, 0.3) is 10.0 Å². The molecule has 0 N–H and O–H groups in total. The van der Waals surface area contributed by atoms with Crippen LogP contribution in [0.2, 0.25) is 5.02 Å². The molecule has 1 aromatic rings. The molecular formula is C12H18ClN5O2S. The molecule has 9 heteroatoms. The van der Waals surface area contributed by atoms with Crippen LogP contribution in [0.25, 0.3) is 0 Å². The fraction of sp³-hybridized carbons (Fsp3) is 0.667. The molecule has 0 aliphatic carbocycles. The van der Waals surface area contributed by atoms with Crippen molar-refractivity contribution in [1.82, 2.24) is 19.0 Å². The molecule has 1 fully saturated rings. The van der Waals surface area contributed by atoms with Crippen molar-refractivity contribution < 1.29 is 8.42 Å². The summed E-state index contributed by atoms with van der Waals surface area (Å²) in [6.45, 7) is 3.73. The lowest BCUT2D eigenvalue weighted by Gasteiger charge is -2.35. The van der Waals surface area contributed by atoms with Gasteiger partial charge in [-0.05, 0) is 6.42 Å². The van der Waals surface area contributed by atoms with E-state index in [-0.39, 0.29) is 16.1 Å². The normalized spacial score (nSPS) is 19.3. The Morgan fingerprint density at radius 1 is 1.43 bits per heavy atom. The predicted molar refractivity (Wildman–Crippen MR) is 78.2 cm³/mol. The summed E-state index contributed by atoms with van der Waals surface area (Å²) in [5.74, 6) is 0. The zero-order chi connectivity index (χ0) is 15.6. The monoisotopic (exact) mass is 331 g/mol. The van der Waals surface area contributed by atoms with Crippen LogP contribution in [0, 0.1) is 11.3 Å². The maximum atomic E-state index is 12.6. The van der Waals surface area contributed by atoms with Gasteiger partial charge in [0.2, 0.25) is 0 Å². The summed E-state index contributed by atoms with van der Waals surface area (Å²) in [4.78, 5) is 2.01. The van der Waals surface area contributed by atoms with E-state index >= 15 is 0 Å². The van der Waals surface area contributed by atoms with Crippen LogP contribution in [0.15, 0.2) is 11.2 Å². The summed E-state index contributed by atoms with van der Waals surface area (Å²) >= 11 is 5.93. The largest absolute Gasteiger partial charge is 0.285 e. The molecule has 1 aliphatic rings. The quantitative estimate of drug-likeness (QED) is 0.810.